The molecule has 25 heavy (non-hydrogen) atoms. The van der Waals surface area contributed by atoms with E-state index < -0.39 is 0 Å². The smallest absolute Gasteiger partial charge is 0.317 e. The van der Waals surface area contributed by atoms with Gasteiger partial charge in [0.05, 0.1) is 11.6 Å². The van der Waals surface area contributed by atoms with E-state index in [0.29, 0.717) is 25.6 Å². The first-order valence-electron chi connectivity index (χ1n) is 8.94. The third-order valence-electron chi connectivity index (χ3n) is 4.59. The lowest BCUT2D eigenvalue weighted by molar-refractivity contribution is -0.121. The van der Waals surface area contributed by atoms with Gasteiger partial charge < -0.3 is 20.5 Å². The minimum Gasteiger partial charge on any atom is -0.361 e. The van der Waals surface area contributed by atoms with Gasteiger partial charge in [0.2, 0.25) is 5.91 Å². The summed E-state index contributed by atoms with van der Waals surface area (Å²) in [7, 11) is 0. The second-order valence-electron chi connectivity index (χ2n) is 7.10. The second kappa shape index (κ2) is 7.59. The summed E-state index contributed by atoms with van der Waals surface area (Å²) in [6.07, 6.45) is 3.52. The van der Waals surface area contributed by atoms with Crippen molar-refractivity contribution >= 4 is 28.5 Å². The molecule has 6 nitrogen and oxygen atoms in total. The summed E-state index contributed by atoms with van der Waals surface area (Å²) in [5.74, 6) is 0.220. The number of anilines is 1. The number of benzene rings is 1. The van der Waals surface area contributed by atoms with Crippen molar-refractivity contribution < 1.29 is 9.59 Å². The molecule has 3 rings (SSSR count). The quantitative estimate of drug-likeness (QED) is 0.798. The molecule has 1 aliphatic rings. The number of fused-ring (bicyclic) bond motifs is 1. The van der Waals surface area contributed by atoms with Crippen LogP contribution in [-0.2, 0) is 4.79 Å². The van der Waals surface area contributed by atoms with Gasteiger partial charge in [-0.05, 0) is 37.0 Å². The molecule has 1 aromatic carbocycles. The molecule has 1 saturated heterocycles. The number of aromatic amines is 1. The number of nitrogens with one attached hydrogen (secondary N) is 3. The molecule has 1 atom stereocenters. The van der Waals surface area contributed by atoms with E-state index in [9.17, 15) is 9.59 Å². The first-order chi connectivity index (χ1) is 12.0. The van der Waals surface area contributed by atoms with E-state index in [0.717, 1.165) is 29.4 Å². The molecule has 2 heterocycles. The zero-order valence-corrected chi connectivity index (χ0v) is 14.8. The number of carbonyl (C=O) groups excluding carboxylic acids is 2. The molecule has 0 saturated carbocycles. The maximum atomic E-state index is 12.7. The molecule has 134 valence electrons. The Balaban J connectivity index is 1.62. The van der Waals surface area contributed by atoms with Crippen LogP contribution in [0.25, 0.3) is 10.9 Å². The molecule has 2 aromatic rings. The summed E-state index contributed by atoms with van der Waals surface area (Å²) in [5, 5.41) is 6.96. The van der Waals surface area contributed by atoms with Gasteiger partial charge in [-0.25, -0.2) is 4.79 Å². The van der Waals surface area contributed by atoms with Crippen LogP contribution in [0.5, 0.6) is 0 Å². The van der Waals surface area contributed by atoms with Crippen molar-refractivity contribution in [1.82, 2.24) is 15.2 Å². The summed E-state index contributed by atoms with van der Waals surface area (Å²) >= 11 is 0. The number of amides is 3. The highest BCUT2D eigenvalue weighted by molar-refractivity contribution is 6.02. The lowest BCUT2D eigenvalue weighted by Crippen LogP contribution is -2.48. The lowest BCUT2D eigenvalue weighted by Gasteiger charge is -2.32. The Bertz CT molecular complexity index is 753. The number of hydrogen-bond donors (Lipinski definition) is 3. The molecule has 3 N–H and O–H groups in total. The van der Waals surface area contributed by atoms with Crippen LogP contribution >= 0.6 is 0 Å². The Morgan fingerprint density at radius 1 is 1.32 bits per heavy atom. The number of nitrogens with zero attached hydrogens (tertiary/aromatic N) is 1. The number of piperidine rings is 1. The van der Waals surface area contributed by atoms with Crippen molar-refractivity contribution in [1.29, 1.82) is 0 Å². The molecule has 0 spiro atoms. The topological polar surface area (TPSA) is 77.2 Å². The number of H-pyrrole nitrogens is 1. The van der Waals surface area contributed by atoms with Gasteiger partial charge in [-0.2, -0.15) is 0 Å². The minimum absolute atomic E-state index is 0.0185. The van der Waals surface area contributed by atoms with Crippen molar-refractivity contribution in [3.8, 4) is 0 Å². The Hall–Kier alpha value is -2.50. The Morgan fingerprint density at radius 3 is 2.96 bits per heavy atom. The van der Waals surface area contributed by atoms with Gasteiger partial charge >= 0.3 is 6.03 Å². The fourth-order valence-electron chi connectivity index (χ4n) is 3.21. The predicted octanol–water partition coefficient (Wildman–Crippen LogP) is 3.18. The highest BCUT2D eigenvalue weighted by Crippen LogP contribution is 2.24. The summed E-state index contributed by atoms with van der Waals surface area (Å²) in [4.78, 5) is 29.8. The molecule has 0 bridgehead atoms. The van der Waals surface area contributed by atoms with Crippen molar-refractivity contribution in [3.05, 3.63) is 30.5 Å². The molecule has 0 aliphatic carbocycles. The monoisotopic (exact) mass is 342 g/mol. The van der Waals surface area contributed by atoms with E-state index in [1.54, 1.807) is 4.90 Å². The number of rotatable bonds is 4. The summed E-state index contributed by atoms with van der Waals surface area (Å²) in [5.41, 5.74) is 1.81. The number of likely N-dealkylation sites (tertiary alicyclic amines) is 1. The van der Waals surface area contributed by atoms with Crippen molar-refractivity contribution in [2.45, 2.75) is 26.7 Å². The third kappa shape index (κ3) is 4.13. The van der Waals surface area contributed by atoms with Crippen LogP contribution in [0.1, 0.15) is 26.7 Å². The number of carbonyl (C=O) groups is 2. The van der Waals surface area contributed by atoms with E-state index in [2.05, 4.69) is 29.5 Å². The fourth-order valence-corrected chi connectivity index (χ4v) is 3.21. The number of aromatic nitrogens is 1. The molecule has 0 radical (unpaired) electrons. The maximum absolute atomic E-state index is 12.7. The van der Waals surface area contributed by atoms with Crippen molar-refractivity contribution in [2.24, 2.45) is 11.8 Å². The Morgan fingerprint density at radius 2 is 2.16 bits per heavy atom. The van der Waals surface area contributed by atoms with Crippen LogP contribution < -0.4 is 10.6 Å². The van der Waals surface area contributed by atoms with Crippen LogP contribution in [0.4, 0.5) is 10.5 Å². The Labute approximate surface area is 148 Å². The van der Waals surface area contributed by atoms with Gasteiger partial charge in [0, 0.05) is 36.7 Å². The van der Waals surface area contributed by atoms with Crippen LogP contribution in [0.3, 0.4) is 0 Å². The molecule has 3 amide bonds. The van der Waals surface area contributed by atoms with Crippen molar-refractivity contribution in [2.75, 3.05) is 25.0 Å². The molecule has 1 fully saturated rings. The lowest BCUT2D eigenvalue weighted by atomic mass is 9.97. The zero-order chi connectivity index (χ0) is 17.8. The van der Waals surface area contributed by atoms with Crippen LogP contribution in [0, 0.1) is 11.8 Å². The largest absolute Gasteiger partial charge is 0.361 e. The van der Waals surface area contributed by atoms with Crippen LogP contribution in [0.15, 0.2) is 30.5 Å². The molecule has 0 unspecified atom stereocenters. The van der Waals surface area contributed by atoms with E-state index in [4.69, 9.17) is 0 Å². The van der Waals surface area contributed by atoms with Crippen LogP contribution in [-0.4, -0.2) is 41.5 Å². The SMILES string of the molecule is CC(C)CNC(=O)N1CCC[C@H](C(=O)Nc2cccc3[nH]ccc23)C1. The van der Waals surface area contributed by atoms with Gasteiger partial charge in [-0.3, -0.25) is 4.79 Å². The van der Waals surface area contributed by atoms with Gasteiger partial charge in [0.1, 0.15) is 0 Å². The summed E-state index contributed by atoms with van der Waals surface area (Å²) in [6.45, 7) is 5.96. The van der Waals surface area contributed by atoms with Gasteiger partial charge in [-0.15, -0.1) is 0 Å². The summed E-state index contributed by atoms with van der Waals surface area (Å²) in [6, 6.07) is 7.69. The van der Waals surface area contributed by atoms with Gasteiger partial charge in [-0.1, -0.05) is 19.9 Å². The highest BCUT2D eigenvalue weighted by Gasteiger charge is 2.28. The van der Waals surface area contributed by atoms with Crippen molar-refractivity contribution in [3.63, 3.8) is 0 Å². The predicted molar refractivity (Wildman–Crippen MR) is 99.5 cm³/mol. The fraction of sp³-hybridized carbons (Fsp3) is 0.474. The third-order valence-corrected chi connectivity index (χ3v) is 4.59. The number of urea groups is 1. The molecule has 6 heteroatoms. The zero-order valence-electron chi connectivity index (χ0n) is 14.8. The summed E-state index contributed by atoms with van der Waals surface area (Å²) < 4.78 is 0. The second-order valence-corrected chi connectivity index (χ2v) is 7.10. The first-order valence-corrected chi connectivity index (χ1v) is 8.94. The standard InChI is InChI=1S/C19H26N4O2/c1-13(2)11-21-19(25)23-10-4-5-14(12-23)18(24)22-17-7-3-6-16-15(17)8-9-20-16/h3,6-9,13-14,20H,4-5,10-12H2,1-2H3,(H,21,25)(H,22,24)/t14-/m0/s1. The highest BCUT2D eigenvalue weighted by atomic mass is 16.2. The van der Waals surface area contributed by atoms with E-state index >= 15 is 0 Å². The minimum atomic E-state index is -0.173. The van der Waals surface area contributed by atoms with Crippen LogP contribution in [0.2, 0.25) is 0 Å². The van der Waals surface area contributed by atoms with Gasteiger partial charge in [0.25, 0.3) is 0 Å². The van der Waals surface area contributed by atoms with E-state index in [1.165, 1.54) is 0 Å². The normalized spacial score (nSPS) is 17.7. The van der Waals surface area contributed by atoms with E-state index in [-0.39, 0.29) is 17.9 Å². The molecular weight excluding hydrogens is 316 g/mol. The van der Waals surface area contributed by atoms with Gasteiger partial charge in [0.15, 0.2) is 0 Å². The maximum Gasteiger partial charge on any atom is 0.317 e. The molecule has 1 aliphatic heterocycles. The van der Waals surface area contributed by atoms with E-state index in [1.807, 2.05) is 30.5 Å². The molecule has 1 aromatic heterocycles. The number of hydrogen-bond acceptors (Lipinski definition) is 2. The molecular formula is C19H26N4O2. The average molecular weight is 342 g/mol. The first kappa shape index (κ1) is 17.3. The Kier molecular flexibility index (Phi) is 5.26. The average Bonchev–Trinajstić information content (AvgIpc) is 3.09.